The van der Waals surface area contributed by atoms with Crippen molar-refractivity contribution in [2.45, 2.75) is 19.8 Å². The van der Waals surface area contributed by atoms with E-state index in [0.29, 0.717) is 5.39 Å². The van der Waals surface area contributed by atoms with E-state index in [4.69, 9.17) is 0 Å². The summed E-state index contributed by atoms with van der Waals surface area (Å²) in [5.41, 5.74) is 4.34. The molecule has 0 aliphatic rings. The molecule has 0 unspecified atom stereocenters. The molecule has 2 aromatic heterocycles. The molecule has 4 aromatic rings. The summed E-state index contributed by atoms with van der Waals surface area (Å²) in [6, 6.07) is 10.2. The molecule has 0 spiro atoms. The van der Waals surface area contributed by atoms with E-state index >= 15 is 0 Å². The molecule has 5 heteroatoms. The Hall–Kier alpha value is -2.95. The quantitative estimate of drug-likeness (QED) is 0.577. The van der Waals surface area contributed by atoms with Gasteiger partial charge in [0, 0.05) is 11.6 Å². The van der Waals surface area contributed by atoms with Crippen LogP contribution < -0.4 is 5.56 Å². The number of nitrogens with one attached hydrogen (secondary N) is 2. The summed E-state index contributed by atoms with van der Waals surface area (Å²) >= 11 is 0. The summed E-state index contributed by atoms with van der Waals surface area (Å²) in [6.07, 6.45) is 1.86. The van der Waals surface area contributed by atoms with Gasteiger partial charge in [0.05, 0.1) is 16.4 Å². The van der Waals surface area contributed by atoms with Crippen LogP contribution in [-0.2, 0) is 0 Å². The van der Waals surface area contributed by atoms with Crippen LogP contribution in [0.1, 0.15) is 25.3 Å². The highest BCUT2D eigenvalue weighted by Gasteiger charge is 2.15. The Morgan fingerprint density at radius 3 is 2.50 bits per heavy atom. The van der Waals surface area contributed by atoms with Gasteiger partial charge in [-0.2, -0.15) is 0 Å². The number of aromatic amines is 2. The van der Waals surface area contributed by atoms with Gasteiger partial charge in [-0.3, -0.25) is 20.0 Å². The lowest BCUT2D eigenvalue weighted by molar-refractivity contribution is 0.628. The van der Waals surface area contributed by atoms with Gasteiger partial charge in [-0.1, -0.05) is 26.0 Å². The van der Waals surface area contributed by atoms with E-state index in [0.717, 1.165) is 33.1 Å². The number of halogens is 1. The monoisotopic (exact) mass is 321 g/mol. The maximum atomic E-state index is 13.3. The maximum absolute atomic E-state index is 13.3. The zero-order chi connectivity index (χ0) is 16.8. The second-order valence-electron chi connectivity index (χ2n) is 6.24. The lowest BCUT2D eigenvalue weighted by Crippen LogP contribution is -1.99. The van der Waals surface area contributed by atoms with Crippen molar-refractivity contribution in [3.05, 3.63) is 64.3 Å². The summed E-state index contributed by atoms with van der Waals surface area (Å²) < 4.78 is 13.3. The molecule has 0 saturated heterocycles. The van der Waals surface area contributed by atoms with Gasteiger partial charge in [-0.25, -0.2) is 4.39 Å². The third-order valence-corrected chi connectivity index (χ3v) is 4.35. The van der Waals surface area contributed by atoms with Gasteiger partial charge in [0.2, 0.25) is 0 Å². The Bertz CT molecular complexity index is 1110. The number of H-pyrrole nitrogens is 2. The minimum absolute atomic E-state index is 0.160. The Kier molecular flexibility index (Phi) is 3.23. The molecule has 120 valence electrons. The molecule has 4 nitrogen and oxygen atoms in total. The van der Waals surface area contributed by atoms with Gasteiger partial charge in [0.15, 0.2) is 0 Å². The third kappa shape index (κ3) is 2.21. The van der Waals surface area contributed by atoms with E-state index in [1.807, 2.05) is 18.3 Å². The Morgan fingerprint density at radius 2 is 1.79 bits per heavy atom. The summed E-state index contributed by atoms with van der Waals surface area (Å²) in [5.74, 6) is -0.0187. The first-order valence-corrected chi connectivity index (χ1v) is 7.83. The Morgan fingerprint density at radius 1 is 1.04 bits per heavy atom. The molecule has 2 aromatic carbocycles. The second kappa shape index (κ2) is 5.30. The van der Waals surface area contributed by atoms with Crippen molar-refractivity contribution in [1.82, 2.24) is 15.2 Å². The van der Waals surface area contributed by atoms with Crippen molar-refractivity contribution in [2.24, 2.45) is 0 Å². The largest absolute Gasteiger partial charge is 0.297 e. The molecule has 0 bridgehead atoms. The normalized spacial score (nSPS) is 11.7. The lowest BCUT2D eigenvalue weighted by atomic mass is 9.90. The molecule has 2 heterocycles. The molecule has 0 amide bonds. The summed E-state index contributed by atoms with van der Waals surface area (Å²) in [6.45, 7) is 4.19. The van der Waals surface area contributed by atoms with Crippen LogP contribution in [0, 0.1) is 5.82 Å². The third-order valence-electron chi connectivity index (χ3n) is 4.35. The van der Waals surface area contributed by atoms with E-state index < -0.39 is 0 Å². The highest BCUT2D eigenvalue weighted by Crippen LogP contribution is 2.36. The summed E-state index contributed by atoms with van der Waals surface area (Å²) in [5, 5.41) is 6.94. The average Bonchev–Trinajstić information content (AvgIpc) is 2.93. The van der Waals surface area contributed by atoms with E-state index in [-0.39, 0.29) is 17.3 Å². The second-order valence-corrected chi connectivity index (χ2v) is 6.24. The number of fused-ring (bicyclic) bond motifs is 2. The minimum atomic E-state index is -0.271. The first-order chi connectivity index (χ1) is 11.5. The Labute approximate surface area is 137 Å². The van der Waals surface area contributed by atoms with Crippen molar-refractivity contribution in [1.29, 1.82) is 0 Å². The predicted octanol–water partition coefficient (Wildman–Crippen LogP) is 4.33. The van der Waals surface area contributed by atoms with E-state index in [2.05, 4.69) is 29.0 Å². The van der Waals surface area contributed by atoms with Gasteiger partial charge in [-0.05, 0) is 46.9 Å². The molecular weight excluding hydrogens is 305 g/mol. The fraction of sp³-hybridized carbons (Fsp3) is 0.158. The van der Waals surface area contributed by atoms with Gasteiger partial charge in [0.1, 0.15) is 5.82 Å². The lowest BCUT2D eigenvalue weighted by Gasteiger charge is -2.15. The van der Waals surface area contributed by atoms with Crippen LogP contribution in [0.3, 0.4) is 0 Å². The number of nitrogens with zero attached hydrogens (tertiary/aromatic N) is 1. The van der Waals surface area contributed by atoms with Crippen LogP contribution >= 0.6 is 0 Å². The number of hydrogen-bond donors (Lipinski definition) is 2. The number of hydrogen-bond acceptors (Lipinski definition) is 2. The van der Waals surface area contributed by atoms with Crippen LogP contribution in [0.4, 0.5) is 4.39 Å². The van der Waals surface area contributed by atoms with Crippen molar-refractivity contribution in [3.8, 4) is 11.1 Å². The summed E-state index contributed by atoms with van der Waals surface area (Å²) in [7, 11) is 0. The fourth-order valence-corrected chi connectivity index (χ4v) is 3.11. The van der Waals surface area contributed by atoms with Gasteiger partial charge in [-0.15, -0.1) is 0 Å². The molecule has 0 aliphatic carbocycles. The minimum Gasteiger partial charge on any atom is -0.297 e. The molecule has 0 saturated carbocycles. The number of pyridine rings is 1. The fourth-order valence-electron chi connectivity index (χ4n) is 3.11. The smallest absolute Gasteiger partial charge is 0.271 e. The first kappa shape index (κ1) is 14.6. The molecule has 0 radical (unpaired) electrons. The number of benzene rings is 2. The van der Waals surface area contributed by atoms with Crippen LogP contribution in [0.5, 0.6) is 0 Å². The molecule has 0 aliphatic heterocycles. The standard InChI is InChI=1S/C19H16FN3O/c1-10(2)15-9-21-16-8-17-14(19(24)23-22-17)7-13(16)18(15)11-3-5-12(20)6-4-11/h3-10H,1-2H3,(H2,22,23,24). The Balaban J connectivity index is 2.14. The molecule has 4 rings (SSSR count). The molecule has 24 heavy (non-hydrogen) atoms. The van der Waals surface area contributed by atoms with Crippen LogP contribution in [-0.4, -0.2) is 15.2 Å². The van der Waals surface area contributed by atoms with Crippen LogP contribution in [0.15, 0.2) is 47.4 Å². The average molecular weight is 321 g/mol. The first-order valence-electron chi connectivity index (χ1n) is 7.83. The van der Waals surface area contributed by atoms with E-state index in [1.54, 1.807) is 12.1 Å². The van der Waals surface area contributed by atoms with E-state index in [1.165, 1.54) is 12.1 Å². The number of aromatic nitrogens is 3. The molecule has 0 atom stereocenters. The molecule has 2 N–H and O–H groups in total. The van der Waals surface area contributed by atoms with Gasteiger partial charge < -0.3 is 0 Å². The topological polar surface area (TPSA) is 61.5 Å². The van der Waals surface area contributed by atoms with Gasteiger partial charge in [0.25, 0.3) is 5.56 Å². The maximum Gasteiger partial charge on any atom is 0.271 e. The highest BCUT2D eigenvalue weighted by molar-refractivity contribution is 6.03. The number of rotatable bonds is 2. The molecular formula is C19H16FN3O. The predicted molar refractivity (Wildman–Crippen MR) is 93.7 cm³/mol. The summed E-state index contributed by atoms with van der Waals surface area (Å²) in [4.78, 5) is 16.5. The van der Waals surface area contributed by atoms with Crippen molar-refractivity contribution in [2.75, 3.05) is 0 Å². The van der Waals surface area contributed by atoms with Crippen molar-refractivity contribution in [3.63, 3.8) is 0 Å². The SMILES string of the molecule is CC(C)c1cnc2cc3[nH][nH]c(=O)c3cc2c1-c1ccc(F)cc1. The van der Waals surface area contributed by atoms with E-state index in [9.17, 15) is 9.18 Å². The van der Waals surface area contributed by atoms with Gasteiger partial charge >= 0.3 is 0 Å². The zero-order valence-corrected chi connectivity index (χ0v) is 13.4. The van der Waals surface area contributed by atoms with Crippen molar-refractivity contribution >= 4 is 21.8 Å². The van der Waals surface area contributed by atoms with Crippen LogP contribution in [0.2, 0.25) is 0 Å². The molecule has 0 fully saturated rings. The van der Waals surface area contributed by atoms with Crippen LogP contribution in [0.25, 0.3) is 32.9 Å². The van der Waals surface area contributed by atoms with Crippen molar-refractivity contribution < 1.29 is 4.39 Å². The zero-order valence-electron chi connectivity index (χ0n) is 13.4. The highest BCUT2D eigenvalue weighted by atomic mass is 19.1.